The molecule has 0 spiro atoms. The third-order valence-electron chi connectivity index (χ3n) is 8.59. The molecule has 4 atom stereocenters. The van der Waals surface area contributed by atoms with Crippen molar-refractivity contribution < 1.29 is 23.5 Å². The van der Waals surface area contributed by atoms with Gasteiger partial charge in [0.15, 0.2) is 10.9 Å². The molecule has 0 aliphatic carbocycles. The Bertz CT molecular complexity index is 1350. The molecule has 1 aromatic carbocycles. The summed E-state index contributed by atoms with van der Waals surface area (Å²) in [5.41, 5.74) is 2.29. The van der Waals surface area contributed by atoms with Crippen LogP contribution in [0.3, 0.4) is 0 Å². The molecule has 2 amide bonds. The largest absolute Gasteiger partial charge is 0.367 e. The Hall–Kier alpha value is -3.15. The minimum atomic E-state index is -0.794. The van der Waals surface area contributed by atoms with Gasteiger partial charge in [-0.25, -0.2) is 4.98 Å². The number of carbonyl (C=O) groups is 3. The quantitative estimate of drug-likeness (QED) is 0.465. The number of hydrogen-bond donors (Lipinski definition) is 1. The van der Waals surface area contributed by atoms with E-state index < -0.39 is 18.0 Å². The van der Waals surface area contributed by atoms with Crippen molar-refractivity contribution >= 4 is 34.1 Å². The van der Waals surface area contributed by atoms with Gasteiger partial charge in [0.25, 0.3) is 5.91 Å². The highest BCUT2D eigenvalue weighted by atomic mass is 32.1. The van der Waals surface area contributed by atoms with Crippen LogP contribution in [0.1, 0.15) is 44.5 Å². The number of carbonyl (C=O) groups excluding carboxylic acids is 3. The Kier molecular flexibility index (Phi) is 9.10. The maximum absolute atomic E-state index is 14.9. The first-order valence-corrected chi connectivity index (χ1v) is 15.5. The number of rotatable bonds is 8. The van der Waals surface area contributed by atoms with Crippen LogP contribution >= 0.6 is 11.3 Å². The number of likely N-dealkylation sites (tertiary alicyclic amines) is 1. The van der Waals surface area contributed by atoms with Gasteiger partial charge in [0.2, 0.25) is 11.0 Å². The summed E-state index contributed by atoms with van der Waals surface area (Å²) in [6, 6.07) is 5.20. The predicted molar refractivity (Wildman–Crippen MR) is 161 cm³/mol. The lowest BCUT2D eigenvalue weighted by molar-refractivity contribution is -0.138. The number of thiazole rings is 1. The highest BCUT2D eigenvalue weighted by Gasteiger charge is 2.53. The van der Waals surface area contributed by atoms with Crippen molar-refractivity contribution in [2.24, 2.45) is 11.8 Å². The molecule has 4 heterocycles. The minimum absolute atomic E-state index is 0.00336. The normalized spacial score (nSPS) is 23.9. The summed E-state index contributed by atoms with van der Waals surface area (Å²) in [6.07, 6.45) is 2.06. The fourth-order valence-corrected chi connectivity index (χ4v) is 6.88. The van der Waals surface area contributed by atoms with Crippen LogP contribution in [0.2, 0.25) is 0 Å². The number of hydrogen-bond acceptors (Lipinski definition) is 8. The summed E-state index contributed by atoms with van der Waals surface area (Å²) in [5.74, 6) is -0.694. The Morgan fingerprint density at radius 3 is 2.52 bits per heavy atom. The Labute approximate surface area is 250 Å². The molecule has 42 heavy (non-hydrogen) atoms. The minimum Gasteiger partial charge on any atom is -0.367 e. The number of anilines is 1. The second-order valence-electron chi connectivity index (χ2n) is 12.0. The van der Waals surface area contributed by atoms with Crippen LogP contribution in [0, 0.1) is 17.0 Å². The van der Waals surface area contributed by atoms with E-state index >= 15 is 0 Å². The van der Waals surface area contributed by atoms with Gasteiger partial charge in [0.1, 0.15) is 24.4 Å². The number of nitrogens with one attached hydrogen (secondary N) is 1. The van der Waals surface area contributed by atoms with Crippen molar-refractivity contribution in [2.45, 2.75) is 52.3 Å². The number of benzene rings is 1. The van der Waals surface area contributed by atoms with Crippen LogP contribution in [0.4, 0.5) is 9.52 Å². The number of nitrogens with zero attached hydrogens (tertiary/aromatic N) is 4. The molecule has 5 rings (SSSR count). The average molecular weight is 598 g/mol. The van der Waals surface area contributed by atoms with E-state index in [0.29, 0.717) is 29.2 Å². The summed E-state index contributed by atoms with van der Waals surface area (Å²) in [5, 5.41) is 3.22. The fourth-order valence-electron chi connectivity index (χ4n) is 6.02. The zero-order valence-electron chi connectivity index (χ0n) is 24.9. The van der Waals surface area contributed by atoms with Crippen molar-refractivity contribution in [2.75, 3.05) is 51.3 Å². The molecule has 3 saturated heterocycles. The van der Waals surface area contributed by atoms with Crippen molar-refractivity contribution in [3.8, 4) is 11.3 Å². The second kappa shape index (κ2) is 12.6. The predicted octanol–water partition coefficient (Wildman–Crippen LogP) is 3.61. The van der Waals surface area contributed by atoms with Crippen LogP contribution in [0.15, 0.2) is 35.9 Å². The van der Waals surface area contributed by atoms with Gasteiger partial charge >= 0.3 is 0 Å². The number of likely N-dealkylation sites (N-methyl/N-ethyl adjacent to an activating group) is 1. The Balaban J connectivity index is 1.30. The van der Waals surface area contributed by atoms with Crippen molar-refractivity contribution in [3.05, 3.63) is 46.6 Å². The summed E-state index contributed by atoms with van der Waals surface area (Å²) >= 11 is 1.04. The van der Waals surface area contributed by atoms with Crippen molar-refractivity contribution in [1.82, 2.24) is 20.1 Å². The van der Waals surface area contributed by atoms with Gasteiger partial charge in [0, 0.05) is 49.8 Å². The molecule has 0 saturated carbocycles. The molecule has 11 heteroatoms. The second-order valence-corrected chi connectivity index (χ2v) is 12.9. The topological polar surface area (TPSA) is 95.1 Å². The van der Waals surface area contributed by atoms with Gasteiger partial charge in [-0.15, -0.1) is 0 Å². The monoisotopic (exact) mass is 597 g/mol. The van der Waals surface area contributed by atoms with E-state index in [-0.39, 0.29) is 47.1 Å². The molecule has 0 bridgehead atoms. The van der Waals surface area contributed by atoms with E-state index in [1.54, 1.807) is 29.2 Å². The smallest absolute Gasteiger partial charge is 0.251 e. The first-order valence-electron chi connectivity index (χ1n) is 14.7. The number of aromatic nitrogens is 1. The molecule has 3 aliphatic rings. The molecule has 2 aromatic rings. The first kappa shape index (κ1) is 30.3. The van der Waals surface area contributed by atoms with E-state index in [1.807, 2.05) is 33.8 Å². The van der Waals surface area contributed by atoms with Crippen molar-refractivity contribution in [1.29, 1.82) is 0 Å². The lowest BCUT2D eigenvalue weighted by Crippen LogP contribution is -2.52. The number of allylic oxidation sites excluding steroid dienone is 1. The number of piperazine rings is 1. The van der Waals surface area contributed by atoms with Crippen LogP contribution in [-0.4, -0.2) is 96.9 Å². The molecule has 226 valence electrons. The molecule has 3 aliphatic heterocycles. The Morgan fingerprint density at radius 1 is 1.19 bits per heavy atom. The number of ether oxygens (including phenoxy) is 1. The SMILES string of the molecule is C/C=C(\C)C1CN(C(=O)C(CC(C)C)NC(=O)c2ccc(-c3nc(N4CCN(C)CC4)sc3F)cc2)C2C(=O)COC12. The molecule has 9 nitrogen and oxygen atoms in total. The Morgan fingerprint density at radius 2 is 1.88 bits per heavy atom. The molecular formula is C31H40FN5O4S. The maximum Gasteiger partial charge on any atom is 0.251 e. The summed E-state index contributed by atoms with van der Waals surface area (Å²) in [7, 11) is 2.07. The number of ketones is 1. The standard InChI is InChI=1S/C31H40FN5O4S/c1-6-19(4)22-16-37(26-24(38)17-41-27(22)26)30(40)23(15-18(2)3)33-29(39)21-9-7-20(8-10-21)25-28(32)42-31(34-25)36-13-11-35(5)12-14-36/h6-10,18,22-23,26-27H,11-17H2,1-5H3,(H,33,39)/b19-6+. The van der Waals surface area contributed by atoms with E-state index in [4.69, 9.17) is 4.74 Å². The van der Waals surface area contributed by atoms with Crippen LogP contribution in [0.25, 0.3) is 11.3 Å². The number of Topliss-reactive ketones (excluding diaryl/α,β-unsaturated/α-hetero) is 1. The zero-order valence-corrected chi connectivity index (χ0v) is 25.7. The molecular weight excluding hydrogens is 557 g/mol. The van der Waals surface area contributed by atoms with E-state index in [0.717, 1.165) is 43.1 Å². The highest BCUT2D eigenvalue weighted by Crippen LogP contribution is 2.36. The zero-order chi connectivity index (χ0) is 30.1. The van der Waals surface area contributed by atoms with Gasteiger partial charge < -0.3 is 24.8 Å². The summed E-state index contributed by atoms with van der Waals surface area (Å²) < 4.78 is 20.7. The molecule has 4 unspecified atom stereocenters. The number of amides is 2. The molecule has 3 fully saturated rings. The van der Waals surface area contributed by atoms with Crippen LogP contribution in [0.5, 0.6) is 0 Å². The van der Waals surface area contributed by atoms with Crippen molar-refractivity contribution in [3.63, 3.8) is 0 Å². The molecule has 0 radical (unpaired) electrons. The van der Waals surface area contributed by atoms with Gasteiger partial charge in [-0.3, -0.25) is 14.4 Å². The number of halogens is 1. The van der Waals surface area contributed by atoms with Gasteiger partial charge in [-0.1, -0.05) is 49.0 Å². The van der Waals surface area contributed by atoms with Gasteiger partial charge in [0.05, 0.1) is 6.10 Å². The summed E-state index contributed by atoms with van der Waals surface area (Å²) in [6.45, 7) is 11.7. The third-order valence-corrected chi connectivity index (χ3v) is 9.49. The first-order chi connectivity index (χ1) is 20.1. The molecule has 1 aromatic heterocycles. The maximum atomic E-state index is 14.9. The molecule has 1 N–H and O–H groups in total. The lowest BCUT2D eigenvalue weighted by Gasteiger charge is -2.31. The third kappa shape index (κ3) is 6.14. The van der Waals surface area contributed by atoms with E-state index in [9.17, 15) is 18.8 Å². The van der Waals surface area contributed by atoms with Crippen LogP contribution < -0.4 is 10.2 Å². The highest BCUT2D eigenvalue weighted by molar-refractivity contribution is 7.14. The van der Waals surface area contributed by atoms with E-state index in [2.05, 4.69) is 27.1 Å². The van der Waals surface area contributed by atoms with Gasteiger partial charge in [-0.05, 0) is 45.4 Å². The van der Waals surface area contributed by atoms with Gasteiger partial charge in [-0.2, -0.15) is 4.39 Å². The van der Waals surface area contributed by atoms with E-state index in [1.165, 1.54) is 0 Å². The fraction of sp³-hybridized carbons (Fsp3) is 0.548. The lowest BCUT2D eigenvalue weighted by atomic mass is 9.94. The number of fused-ring (bicyclic) bond motifs is 1. The van der Waals surface area contributed by atoms with Crippen LogP contribution in [-0.2, 0) is 14.3 Å². The average Bonchev–Trinajstić information content (AvgIpc) is 3.67. The summed E-state index contributed by atoms with van der Waals surface area (Å²) in [4.78, 5) is 50.4.